The molecule has 2 saturated carbocycles. The van der Waals surface area contributed by atoms with Gasteiger partial charge in [-0.15, -0.1) is 0 Å². The van der Waals surface area contributed by atoms with Gasteiger partial charge in [0.05, 0.1) is 42.0 Å². The Kier molecular flexibility index (Phi) is 7.38. The van der Waals surface area contributed by atoms with E-state index in [0.717, 1.165) is 36.8 Å². The minimum atomic E-state index is -0.829. The van der Waals surface area contributed by atoms with Crippen molar-refractivity contribution in [3.8, 4) is 0 Å². The normalized spacial score (nSPS) is 14.7. The summed E-state index contributed by atoms with van der Waals surface area (Å²) in [6, 6.07) is 13.5. The first-order valence-electron chi connectivity index (χ1n) is 13.6. The molecule has 9 nitrogen and oxygen atoms in total. The Hall–Kier alpha value is -4.35. The molecule has 212 valence electrons. The van der Waals surface area contributed by atoms with Crippen molar-refractivity contribution >= 4 is 39.9 Å². The van der Waals surface area contributed by atoms with E-state index in [-0.39, 0.29) is 54.0 Å². The second-order valence-corrected chi connectivity index (χ2v) is 10.5. The summed E-state index contributed by atoms with van der Waals surface area (Å²) in [5.74, 6) is -1.77. The summed E-state index contributed by atoms with van der Waals surface area (Å²) in [6.45, 7) is -0.207. The SMILES string of the molecule is O=C(NOCCO)c1cc2c(ncn2Cc2cccc(NC(=O)C3CC3)c2)c(F)c1Nc1ccc(C2CC2)cc1F. The molecule has 2 aliphatic rings. The van der Waals surface area contributed by atoms with Crippen LogP contribution in [0.1, 0.15) is 53.1 Å². The molecule has 0 unspecified atom stereocenters. The maximum Gasteiger partial charge on any atom is 0.277 e. The lowest BCUT2D eigenvalue weighted by Gasteiger charge is -2.16. The number of imidazole rings is 1. The number of hydrogen-bond acceptors (Lipinski definition) is 6. The van der Waals surface area contributed by atoms with Gasteiger partial charge in [-0.3, -0.25) is 14.4 Å². The van der Waals surface area contributed by atoms with Gasteiger partial charge in [-0.25, -0.2) is 19.2 Å². The van der Waals surface area contributed by atoms with Crippen molar-refractivity contribution in [2.45, 2.75) is 38.1 Å². The highest BCUT2D eigenvalue weighted by atomic mass is 19.1. The van der Waals surface area contributed by atoms with Crippen LogP contribution in [0, 0.1) is 17.6 Å². The molecule has 6 rings (SSSR count). The molecule has 4 aromatic rings. The van der Waals surface area contributed by atoms with Crippen molar-refractivity contribution in [1.29, 1.82) is 0 Å². The summed E-state index contributed by atoms with van der Waals surface area (Å²) in [6.07, 6.45) is 5.28. The molecule has 0 atom stereocenters. The summed E-state index contributed by atoms with van der Waals surface area (Å²) in [4.78, 5) is 34.5. The molecular formula is C30H29F2N5O4. The molecule has 0 aliphatic heterocycles. The average molecular weight is 562 g/mol. The van der Waals surface area contributed by atoms with Crippen molar-refractivity contribution in [1.82, 2.24) is 15.0 Å². The Morgan fingerprint density at radius 1 is 1.07 bits per heavy atom. The lowest BCUT2D eigenvalue weighted by atomic mass is 10.1. The van der Waals surface area contributed by atoms with E-state index in [1.54, 1.807) is 16.7 Å². The van der Waals surface area contributed by atoms with Crippen LogP contribution in [0.25, 0.3) is 11.0 Å². The van der Waals surface area contributed by atoms with E-state index in [0.29, 0.717) is 17.1 Å². The second kappa shape index (κ2) is 11.3. The van der Waals surface area contributed by atoms with Crippen molar-refractivity contribution in [2.75, 3.05) is 23.8 Å². The molecule has 2 fully saturated rings. The van der Waals surface area contributed by atoms with Gasteiger partial charge in [0.1, 0.15) is 11.3 Å². The van der Waals surface area contributed by atoms with E-state index < -0.39 is 17.5 Å². The molecular weight excluding hydrogens is 532 g/mol. The van der Waals surface area contributed by atoms with Gasteiger partial charge in [-0.05, 0) is 73.1 Å². The number of carbonyl (C=O) groups excluding carboxylic acids is 2. The fraction of sp³-hybridized carbons (Fsp3) is 0.300. The number of rotatable bonds is 11. The predicted molar refractivity (Wildman–Crippen MR) is 149 cm³/mol. The van der Waals surface area contributed by atoms with Gasteiger partial charge in [0.2, 0.25) is 5.91 Å². The monoisotopic (exact) mass is 561 g/mol. The van der Waals surface area contributed by atoms with E-state index >= 15 is 4.39 Å². The number of halogens is 2. The van der Waals surface area contributed by atoms with Crippen LogP contribution in [0.15, 0.2) is 54.9 Å². The van der Waals surface area contributed by atoms with Crippen LogP contribution in [0.4, 0.5) is 25.8 Å². The second-order valence-electron chi connectivity index (χ2n) is 10.5. The number of hydrogen-bond donors (Lipinski definition) is 4. The number of fused-ring (bicyclic) bond motifs is 1. The maximum atomic E-state index is 16.0. The van der Waals surface area contributed by atoms with Crippen LogP contribution in [-0.2, 0) is 16.2 Å². The van der Waals surface area contributed by atoms with E-state index in [2.05, 4.69) is 21.1 Å². The minimum Gasteiger partial charge on any atom is -0.394 e. The number of nitrogens with zero attached hydrogens (tertiary/aromatic N) is 2. The molecule has 2 amide bonds. The molecule has 11 heteroatoms. The average Bonchev–Trinajstić information content (AvgIpc) is 3.89. The molecule has 0 bridgehead atoms. The smallest absolute Gasteiger partial charge is 0.277 e. The quantitative estimate of drug-likeness (QED) is 0.152. The number of hydroxylamine groups is 1. The third-order valence-electron chi connectivity index (χ3n) is 7.26. The Morgan fingerprint density at radius 3 is 2.63 bits per heavy atom. The van der Waals surface area contributed by atoms with Crippen molar-refractivity contribution < 1.29 is 28.3 Å². The van der Waals surface area contributed by atoms with Gasteiger partial charge in [0.15, 0.2) is 5.82 Å². The van der Waals surface area contributed by atoms with E-state index in [4.69, 9.17) is 9.94 Å². The number of benzene rings is 3. The highest BCUT2D eigenvalue weighted by molar-refractivity contribution is 6.04. The molecule has 0 saturated heterocycles. The van der Waals surface area contributed by atoms with Crippen LogP contribution in [-0.4, -0.2) is 39.7 Å². The van der Waals surface area contributed by atoms with Crippen molar-refractivity contribution in [3.05, 3.63) is 83.2 Å². The van der Waals surface area contributed by atoms with Crippen molar-refractivity contribution in [3.63, 3.8) is 0 Å². The lowest BCUT2D eigenvalue weighted by molar-refractivity contribution is -0.117. The van der Waals surface area contributed by atoms with E-state index in [1.807, 2.05) is 18.2 Å². The molecule has 2 aliphatic carbocycles. The van der Waals surface area contributed by atoms with Crippen LogP contribution in [0.3, 0.4) is 0 Å². The van der Waals surface area contributed by atoms with Crippen molar-refractivity contribution in [2.24, 2.45) is 5.92 Å². The van der Waals surface area contributed by atoms with Gasteiger partial charge >= 0.3 is 0 Å². The number of aliphatic hydroxyl groups is 1. The zero-order chi connectivity index (χ0) is 28.5. The summed E-state index contributed by atoms with van der Waals surface area (Å²) in [5.41, 5.74) is 4.53. The first kappa shape index (κ1) is 26.9. The Bertz CT molecular complexity index is 1630. The topological polar surface area (TPSA) is 118 Å². The summed E-state index contributed by atoms with van der Waals surface area (Å²) < 4.78 is 32.6. The number of aromatic nitrogens is 2. The van der Waals surface area contributed by atoms with Gasteiger partial charge in [-0.2, -0.15) is 0 Å². The van der Waals surface area contributed by atoms with Gasteiger partial charge in [-0.1, -0.05) is 18.2 Å². The fourth-order valence-corrected chi connectivity index (χ4v) is 4.77. The summed E-state index contributed by atoms with van der Waals surface area (Å²) in [7, 11) is 0. The van der Waals surface area contributed by atoms with Gasteiger partial charge in [0, 0.05) is 18.2 Å². The standard InChI is InChI=1S/C30H29F2N5O4/c31-23-13-20(18-4-5-18)8-9-24(23)35-27-22(30(40)36-41-11-10-38)14-25-28(26(27)32)33-16-37(25)15-17-2-1-3-21(12-17)34-29(39)19-6-7-19/h1-3,8-9,12-14,16,18-19,35,38H,4-7,10-11,15H2,(H,34,39)(H,36,40). The van der Waals surface area contributed by atoms with E-state index in [9.17, 15) is 14.0 Å². The van der Waals surface area contributed by atoms with Crippen LogP contribution < -0.4 is 16.1 Å². The first-order chi connectivity index (χ1) is 19.9. The third-order valence-corrected chi connectivity index (χ3v) is 7.26. The highest BCUT2D eigenvalue weighted by Gasteiger charge is 2.29. The number of aliphatic hydroxyl groups excluding tert-OH is 1. The zero-order valence-electron chi connectivity index (χ0n) is 22.1. The summed E-state index contributed by atoms with van der Waals surface area (Å²) >= 11 is 0. The van der Waals surface area contributed by atoms with Crippen LogP contribution in [0.2, 0.25) is 0 Å². The number of carbonyl (C=O) groups is 2. The Balaban J connectivity index is 1.33. The van der Waals surface area contributed by atoms with E-state index in [1.165, 1.54) is 24.5 Å². The minimum absolute atomic E-state index is 0.00461. The Morgan fingerprint density at radius 2 is 1.90 bits per heavy atom. The number of anilines is 3. The highest BCUT2D eigenvalue weighted by Crippen LogP contribution is 2.41. The number of amides is 2. The third kappa shape index (κ3) is 5.91. The molecule has 4 N–H and O–H groups in total. The summed E-state index contributed by atoms with van der Waals surface area (Å²) in [5, 5.41) is 14.7. The predicted octanol–water partition coefficient (Wildman–Crippen LogP) is 4.99. The molecule has 1 aromatic heterocycles. The molecule has 1 heterocycles. The van der Waals surface area contributed by atoms with Crippen LogP contribution >= 0.6 is 0 Å². The Labute approximate surface area is 234 Å². The van der Waals surface area contributed by atoms with Gasteiger partial charge in [0.25, 0.3) is 5.91 Å². The van der Waals surface area contributed by atoms with Crippen LogP contribution in [0.5, 0.6) is 0 Å². The molecule has 3 aromatic carbocycles. The van der Waals surface area contributed by atoms with Gasteiger partial charge < -0.3 is 20.3 Å². The zero-order valence-corrected chi connectivity index (χ0v) is 22.1. The molecule has 0 spiro atoms. The molecule has 0 radical (unpaired) electrons. The fourth-order valence-electron chi connectivity index (χ4n) is 4.77. The first-order valence-corrected chi connectivity index (χ1v) is 13.6. The number of nitrogens with one attached hydrogen (secondary N) is 3. The lowest BCUT2D eigenvalue weighted by Crippen LogP contribution is -2.26. The maximum absolute atomic E-state index is 16.0. The molecule has 41 heavy (non-hydrogen) atoms. The largest absolute Gasteiger partial charge is 0.394 e.